The summed E-state index contributed by atoms with van der Waals surface area (Å²) in [4.78, 5) is 13.3. The van der Waals surface area contributed by atoms with E-state index < -0.39 is 0 Å². The third-order valence-corrected chi connectivity index (χ3v) is 2.28. The third kappa shape index (κ3) is 3.25. The van der Waals surface area contributed by atoms with Gasteiger partial charge in [0.2, 0.25) is 0 Å². The van der Waals surface area contributed by atoms with Gasteiger partial charge in [-0.25, -0.2) is 4.79 Å². The minimum atomic E-state index is -0.163. The summed E-state index contributed by atoms with van der Waals surface area (Å²) >= 11 is 0. The summed E-state index contributed by atoms with van der Waals surface area (Å²) in [5.41, 5.74) is 0. The standard InChI is InChI=1S/C10H19NO2/c1-4-13-10(12)11(8(2)3)7-9-5-6-9/h8-9H,4-7H2,1-3H3. The highest BCUT2D eigenvalue weighted by Gasteiger charge is 2.28. The molecule has 1 fully saturated rings. The predicted molar refractivity (Wildman–Crippen MR) is 51.6 cm³/mol. The van der Waals surface area contributed by atoms with Crippen LogP contribution in [0.5, 0.6) is 0 Å². The summed E-state index contributed by atoms with van der Waals surface area (Å²) in [6.07, 6.45) is 2.37. The number of hydrogen-bond acceptors (Lipinski definition) is 2. The van der Waals surface area contributed by atoms with E-state index in [0.29, 0.717) is 6.61 Å². The van der Waals surface area contributed by atoms with Crippen LogP contribution in [0.2, 0.25) is 0 Å². The van der Waals surface area contributed by atoms with Crippen LogP contribution in [0.1, 0.15) is 33.6 Å². The lowest BCUT2D eigenvalue weighted by molar-refractivity contribution is 0.0940. The number of ether oxygens (including phenoxy) is 1. The van der Waals surface area contributed by atoms with Gasteiger partial charge in [0.15, 0.2) is 0 Å². The van der Waals surface area contributed by atoms with Crippen LogP contribution in [0.25, 0.3) is 0 Å². The molecule has 76 valence electrons. The minimum Gasteiger partial charge on any atom is -0.450 e. The van der Waals surface area contributed by atoms with E-state index >= 15 is 0 Å². The molecule has 0 heterocycles. The maximum absolute atomic E-state index is 11.5. The van der Waals surface area contributed by atoms with Crippen molar-refractivity contribution in [2.24, 2.45) is 5.92 Å². The van der Waals surface area contributed by atoms with E-state index in [1.807, 2.05) is 25.7 Å². The topological polar surface area (TPSA) is 29.5 Å². The molecule has 13 heavy (non-hydrogen) atoms. The van der Waals surface area contributed by atoms with Crippen LogP contribution in [0.15, 0.2) is 0 Å². The first-order valence-electron chi connectivity index (χ1n) is 5.08. The predicted octanol–water partition coefficient (Wildman–Crippen LogP) is 2.26. The molecule has 1 aliphatic rings. The van der Waals surface area contributed by atoms with Crippen LogP contribution < -0.4 is 0 Å². The zero-order valence-electron chi connectivity index (χ0n) is 8.75. The first kappa shape index (κ1) is 10.4. The molecule has 0 aromatic carbocycles. The lowest BCUT2D eigenvalue weighted by atomic mass is 10.3. The van der Waals surface area contributed by atoms with Crippen molar-refractivity contribution in [3.63, 3.8) is 0 Å². The Hall–Kier alpha value is -0.730. The fourth-order valence-corrected chi connectivity index (χ4v) is 1.28. The number of hydrogen-bond donors (Lipinski definition) is 0. The normalized spacial score (nSPS) is 16.0. The molecule has 1 amide bonds. The molecule has 0 aliphatic heterocycles. The van der Waals surface area contributed by atoms with Crippen LogP contribution in [-0.4, -0.2) is 30.2 Å². The Bertz CT molecular complexity index is 176. The summed E-state index contributed by atoms with van der Waals surface area (Å²) in [5.74, 6) is 0.729. The van der Waals surface area contributed by atoms with Gasteiger partial charge in [0, 0.05) is 12.6 Å². The smallest absolute Gasteiger partial charge is 0.409 e. The lowest BCUT2D eigenvalue weighted by Crippen LogP contribution is -2.38. The van der Waals surface area contributed by atoms with E-state index in [2.05, 4.69) is 0 Å². The second-order valence-electron chi connectivity index (χ2n) is 3.89. The summed E-state index contributed by atoms with van der Waals surface area (Å²) in [7, 11) is 0. The van der Waals surface area contributed by atoms with Crippen molar-refractivity contribution < 1.29 is 9.53 Å². The van der Waals surface area contributed by atoms with Gasteiger partial charge in [0.05, 0.1) is 6.61 Å². The molecule has 1 saturated carbocycles. The average molecular weight is 185 g/mol. The Balaban J connectivity index is 2.39. The molecule has 3 nitrogen and oxygen atoms in total. The van der Waals surface area contributed by atoms with Gasteiger partial charge in [-0.05, 0) is 39.5 Å². The Morgan fingerprint density at radius 1 is 1.54 bits per heavy atom. The van der Waals surface area contributed by atoms with Gasteiger partial charge in [0.25, 0.3) is 0 Å². The molecule has 0 N–H and O–H groups in total. The molecule has 0 saturated heterocycles. The molecule has 1 rings (SSSR count). The highest BCUT2D eigenvalue weighted by molar-refractivity contribution is 5.67. The Kier molecular flexibility index (Phi) is 3.58. The molecular weight excluding hydrogens is 166 g/mol. The zero-order chi connectivity index (χ0) is 9.84. The maximum Gasteiger partial charge on any atom is 0.409 e. The zero-order valence-corrected chi connectivity index (χ0v) is 8.75. The third-order valence-electron chi connectivity index (χ3n) is 2.28. The molecule has 0 unspecified atom stereocenters. The molecule has 0 bridgehead atoms. The highest BCUT2D eigenvalue weighted by Crippen LogP contribution is 2.30. The summed E-state index contributed by atoms with van der Waals surface area (Å²) in [6, 6.07) is 0.250. The number of nitrogens with zero attached hydrogens (tertiary/aromatic N) is 1. The van der Waals surface area contributed by atoms with Crippen LogP contribution in [0.4, 0.5) is 4.79 Å². The largest absolute Gasteiger partial charge is 0.450 e. The summed E-state index contributed by atoms with van der Waals surface area (Å²) in [5, 5.41) is 0. The highest BCUT2D eigenvalue weighted by atomic mass is 16.6. The van der Waals surface area contributed by atoms with E-state index in [1.54, 1.807) is 0 Å². The first-order chi connectivity index (χ1) is 6.15. The van der Waals surface area contributed by atoms with Gasteiger partial charge >= 0.3 is 6.09 Å². The number of amides is 1. The van der Waals surface area contributed by atoms with E-state index in [4.69, 9.17) is 4.74 Å². The quantitative estimate of drug-likeness (QED) is 0.672. The average Bonchev–Trinajstić information content (AvgIpc) is 2.83. The summed E-state index contributed by atoms with van der Waals surface area (Å²) < 4.78 is 4.98. The van der Waals surface area contributed by atoms with E-state index in [-0.39, 0.29) is 12.1 Å². The van der Waals surface area contributed by atoms with Gasteiger partial charge in [-0.1, -0.05) is 0 Å². The second-order valence-corrected chi connectivity index (χ2v) is 3.89. The molecule has 0 radical (unpaired) electrons. The molecule has 0 aromatic heterocycles. The van der Waals surface area contributed by atoms with Crippen molar-refractivity contribution in [3.05, 3.63) is 0 Å². The Morgan fingerprint density at radius 2 is 2.15 bits per heavy atom. The van der Waals surface area contributed by atoms with Gasteiger partial charge < -0.3 is 9.64 Å². The van der Waals surface area contributed by atoms with Crippen LogP contribution in [-0.2, 0) is 4.74 Å². The van der Waals surface area contributed by atoms with Crippen molar-refractivity contribution in [2.45, 2.75) is 39.7 Å². The molecule has 0 aromatic rings. The van der Waals surface area contributed by atoms with E-state index in [9.17, 15) is 4.79 Å². The lowest BCUT2D eigenvalue weighted by Gasteiger charge is -2.25. The van der Waals surface area contributed by atoms with Crippen molar-refractivity contribution in [1.82, 2.24) is 4.90 Å². The number of carbonyl (C=O) groups is 1. The number of rotatable bonds is 4. The van der Waals surface area contributed by atoms with Gasteiger partial charge in [-0.15, -0.1) is 0 Å². The fraction of sp³-hybridized carbons (Fsp3) is 0.900. The Morgan fingerprint density at radius 3 is 2.54 bits per heavy atom. The first-order valence-corrected chi connectivity index (χ1v) is 5.08. The monoisotopic (exact) mass is 185 g/mol. The van der Waals surface area contributed by atoms with Gasteiger partial charge in [-0.2, -0.15) is 0 Å². The molecule has 0 atom stereocenters. The minimum absolute atomic E-state index is 0.163. The van der Waals surface area contributed by atoms with Crippen LogP contribution in [0, 0.1) is 5.92 Å². The van der Waals surface area contributed by atoms with E-state index in [1.165, 1.54) is 12.8 Å². The Labute approximate surface area is 80.1 Å². The second kappa shape index (κ2) is 4.49. The van der Waals surface area contributed by atoms with Gasteiger partial charge in [0.1, 0.15) is 0 Å². The van der Waals surface area contributed by atoms with Crippen molar-refractivity contribution in [1.29, 1.82) is 0 Å². The van der Waals surface area contributed by atoms with Crippen molar-refractivity contribution in [3.8, 4) is 0 Å². The van der Waals surface area contributed by atoms with E-state index in [0.717, 1.165) is 12.5 Å². The summed E-state index contributed by atoms with van der Waals surface area (Å²) in [6.45, 7) is 7.23. The molecule has 1 aliphatic carbocycles. The van der Waals surface area contributed by atoms with Crippen molar-refractivity contribution in [2.75, 3.05) is 13.2 Å². The molecule has 3 heteroatoms. The van der Waals surface area contributed by atoms with Gasteiger partial charge in [-0.3, -0.25) is 0 Å². The van der Waals surface area contributed by atoms with Crippen LogP contribution in [0.3, 0.4) is 0 Å². The number of carbonyl (C=O) groups excluding carboxylic acids is 1. The van der Waals surface area contributed by atoms with Crippen LogP contribution >= 0.6 is 0 Å². The maximum atomic E-state index is 11.5. The molecular formula is C10H19NO2. The SMILES string of the molecule is CCOC(=O)N(CC1CC1)C(C)C. The fourth-order valence-electron chi connectivity index (χ4n) is 1.28. The van der Waals surface area contributed by atoms with Crippen molar-refractivity contribution >= 4 is 6.09 Å². The molecule has 0 spiro atoms.